The molecule has 0 fully saturated rings. The molecule has 4 rings (SSSR count). The third kappa shape index (κ3) is 6.12. The number of benzene rings is 3. The number of esters is 3. The molecule has 1 aliphatic rings. The SMILES string of the molecule is C=CC(=O)OC1Cc2ccc(-c3cc(C)c(-c4ccc(OC(=O)C(=C)C)cc4OC(=O)C(=C)C)cc3C)cc2C1. The average Bonchev–Trinajstić information content (AvgIpc) is 3.31. The fraction of sp³-hybridized carbons (Fsp3) is 0.206. The Morgan fingerprint density at radius 1 is 0.775 bits per heavy atom. The van der Waals surface area contributed by atoms with Crippen LogP contribution in [0, 0.1) is 13.8 Å². The van der Waals surface area contributed by atoms with Crippen molar-refractivity contribution < 1.29 is 28.6 Å². The summed E-state index contributed by atoms with van der Waals surface area (Å²) in [6.07, 6.45) is 2.36. The highest BCUT2D eigenvalue weighted by Gasteiger charge is 2.25. The molecule has 0 spiro atoms. The Hall–Kier alpha value is -4.71. The summed E-state index contributed by atoms with van der Waals surface area (Å²) in [5, 5.41) is 0. The van der Waals surface area contributed by atoms with Crippen LogP contribution in [-0.2, 0) is 32.0 Å². The largest absolute Gasteiger partial charge is 0.459 e. The van der Waals surface area contributed by atoms with Crippen LogP contribution in [0.1, 0.15) is 36.1 Å². The van der Waals surface area contributed by atoms with Crippen LogP contribution < -0.4 is 9.47 Å². The maximum Gasteiger partial charge on any atom is 0.338 e. The van der Waals surface area contributed by atoms with Crippen molar-refractivity contribution >= 4 is 17.9 Å². The number of carbonyl (C=O) groups is 3. The molecule has 6 heteroatoms. The van der Waals surface area contributed by atoms with Crippen LogP contribution in [0.2, 0.25) is 0 Å². The molecule has 0 aliphatic heterocycles. The minimum Gasteiger partial charge on any atom is -0.459 e. The molecule has 1 aliphatic carbocycles. The minimum atomic E-state index is -0.578. The van der Waals surface area contributed by atoms with Crippen molar-refractivity contribution in [3.8, 4) is 33.8 Å². The van der Waals surface area contributed by atoms with E-state index in [4.69, 9.17) is 14.2 Å². The third-order valence-corrected chi connectivity index (χ3v) is 6.79. The number of aryl methyl sites for hydroxylation is 2. The van der Waals surface area contributed by atoms with Crippen LogP contribution in [0.15, 0.2) is 85.5 Å². The van der Waals surface area contributed by atoms with Crippen LogP contribution in [0.25, 0.3) is 22.3 Å². The lowest BCUT2D eigenvalue weighted by atomic mass is 9.90. The van der Waals surface area contributed by atoms with Gasteiger partial charge in [0.25, 0.3) is 0 Å². The lowest BCUT2D eigenvalue weighted by Gasteiger charge is -2.17. The van der Waals surface area contributed by atoms with Gasteiger partial charge in [-0.1, -0.05) is 50.1 Å². The van der Waals surface area contributed by atoms with E-state index in [9.17, 15) is 14.4 Å². The Kier molecular flexibility index (Phi) is 8.19. The van der Waals surface area contributed by atoms with Crippen molar-refractivity contribution in [1.29, 1.82) is 0 Å². The summed E-state index contributed by atoms with van der Waals surface area (Å²) in [5.41, 5.74) is 8.53. The molecule has 1 unspecified atom stereocenters. The van der Waals surface area contributed by atoms with Gasteiger partial charge in [0.2, 0.25) is 0 Å². The van der Waals surface area contributed by atoms with Crippen LogP contribution in [-0.4, -0.2) is 24.0 Å². The zero-order valence-corrected chi connectivity index (χ0v) is 23.3. The van der Waals surface area contributed by atoms with Crippen molar-refractivity contribution in [2.75, 3.05) is 0 Å². The van der Waals surface area contributed by atoms with E-state index in [1.165, 1.54) is 17.7 Å². The molecular weight excluding hydrogens is 504 g/mol. The van der Waals surface area contributed by atoms with E-state index in [-0.39, 0.29) is 28.7 Å². The summed E-state index contributed by atoms with van der Waals surface area (Å²) in [7, 11) is 0. The van der Waals surface area contributed by atoms with E-state index < -0.39 is 17.9 Å². The standard InChI is InChI=1S/C34H32O6/c1-8-32(35)38-27-16-23-9-10-24(15-25(23)17-27)29-13-22(7)30(14-21(29)6)28-12-11-26(39-33(36)19(2)3)18-31(28)40-34(37)20(4)5/h8-15,18,27H,1-2,4,16-17H2,3,5-7H3. The molecule has 0 aromatic heterocycles. The fourth-order valence-electron chi connectivity index (χ4n) is 4.71. The molecule has 0 radical (unpaired) electrons. The quantitative estimate of drug-likeness (QED) is 0.179. The van der Waals surface area contributed by atoms with Crippen LogP contribution >= 0.6 is 0 Å². The second-order valence-electron chi connectivity index (χ2n) is 10.1. The van der Waals surface area contributed by atoms with Gasteiger partial charge in [0, 0.05) is 41.7 Å². The third-order valence-electron chi connectivity index (χ3n) is 6.79. The van der Waals surface area contributed by atoms with Crippen molar-refractivity contribution in [3.63, 3.8) is 0 Å². The Balaban J connectivity index is 1.69. The molecule has 1 atom stereocenters. The van der Waals surface area contributed by atoms with Gasteiger partial charge in [-0.05, 0) is 78.8 Å². The van der Waals surface area contributed by atoms with Crippen molar-refractivity contribution in [3.05, 3.63) is 108 Å². The van der Waals surface area contributed by atoms with E-state index in [0.717, 1.165) is 33.4 Å². The summed E-state index contributed by atoms with van der Waals surface area (Å²) in [6, 6.07) is 15.4. The molecule has 0 heterocycles. The topological polar surface area (TPSA) is 78.9 Å². The fourth-order valence-corrected chi connectivity index (χ4v) is 4.71. The molecule has 3 aromatic carbocycles. The number of carbonyl (C=O) groups excluding carboxylic acids is 3. The van der Waals surface area contributed by atoms with Gasteiger partial charge in [-0.15, -0.1) is 0 Å². The Morgan fingerprint density at radius 3 is 2.08 bits per heavy atom. The monoisotopic (exact) mass is 536 g/mol. The average molecular weight is 537 g/mol. The molecule has 40 heavy (non-hydrogen) atoms. The lowest BCUT2D eigenvalue weighted by molar-refractivity contribution is -0.142. The minimum absolute atomic E-state index is 0.182. The van der Waals surface area contributed by atoms with Gasteiger partial charge in [0.15, 0.2) is 0 Å². The molecule has 6 nitrogen and oxygen atoms in total. The first kappa shape index (κ1) is 28.3. The van der Waals surface area contributed by atoms with Crippen molar-refractivity contribution in [2.45, 2.75) is 46.6 Å². The van der Waals surface area contributed by atoms with E-state index in [0.29, 0.717) is 18.4 Å². The van der Waals surface area contributed by atoms with Crippen molar-refractivity contribution in [1.82, 2.24) is 0 Å². The molecular formula is C34H32O6. The van der Waals surface area contributed by atoms with Gasteiger partial charge in [0.05, 0.1) is 0 Å². The molecule has 0 saturated heterocycles. The summed E-state index contributed by atoms with van der Waals surface area (Å²) < 4.78 is 16.5. The van der Waals surface area contributed by atoms with Gasteiger partial charge < -0.3 is 14.2 Å². The summed E-state index contributed by atoms with van der Waals surface area (Å²) in [4.78, 5) is 36.2. The highest BCUT2D eigenvalue weighted by atomic mass is 16.5. The normalized spacial score (nSPS) is 13.7. The molecule has 0 amide bonds. The Morgan fingerprint density at radius 2 is 1.40 bits per heavy atom. The van der Waals surface area contributed by atoms with Gasteiger partial charge in [-0.2, -0.15) is 0 Å². The molecule has 0 bridgehead atoms. The highest BCUT2D eigenvalue weighted by Crippen LogP contribution is 2.39. The van der Waals surface area contributed by atoms with E-state index in [1.807, 2.05) is 13.8 Å². The first-order chi connectivity index (χ1) is 19.0. The van der Waals surface area contributed by atoms with Gasteiger partial charge in [-0.3, -0.25) is 0 Å². The molecule has 3 aromatic rings. The zero-order valence-electron chi connectivity index (χ0n) is 23.3. The summed E-state index contributed by atoms with van der Waals surface area (Å²) >= 11 is 0. The van der Waals surface area contributed by atoms with Crippen LogP contribution in [0.4, 0.5) is 0 Å². The Labute approximate surface area is 234 Å². The Bertz CT molecular complexity index is 1580. The number of hydrogen-bond acceptors (Lipinski definition) is 6. The molecule has 0 saturated carbocycles. The smallest absolute Gasteiger partial charge is 0.338 e. The van der Waals surface area contributed by atoms with E-state index in [1.54, 1.807) is 26.0 Å². The molecule has 204 valence electrons. The van der Waals surface area contributed by atoms with Gasteiger partial charge >= 0.3 is 17.9 Å². The van der Waals surface area contributed by atoms with E-state index >= 15 is 0 Å². The lowest BCUT2D eigenvalue weighted by Crippen LogP contribution is -2.16. The van der Waals surface area contributed by atoms with Crippen LogP contribution in [0.5, 0.6) is 11.5 Å². The number of rotatable bonds is 8. The molecule has 0 N–H and O–H groups in total. The van der Waals surface area contributed by atoms with Crippen molar-refractivity contribution in [2.24, 2.45) is 0 Å². The predicted octanol–water partition coefficient (Wildman–Crippen LogP) is 6.80. The number of hydrogen-bond donors (Lipinski definition) is 0. The highest BCUT2D eigenvalue weighted by molar-refractivity contribution is 5.92. The number of ether oxygens (including phenoxy) is 3. The first-order valence-electron chi connectivity index (χ1n) is 12.9. The van der Waals surface area contributed by atoms with Gasteiger partial charge in [-0.25, -0.2) is 14.4 Å². The predicted molar refractivity (Wildman–Crippen MR) is 155 cm³/mol. The summed E-state index contributed by atoms with van der Waals surface area (Å²) in [6.45, 7) is 17.9. The zero-order chi connectivity index (χ0) is 29.1. The van der Waals surface area contributed by atoms with Crippen LogP contribution in [0.3, 0.4) is 0 Å². The van der Waals surface area contributed by atoms with Gasteiger partial charge in [0.1, 0.15) is 17.6 Å². The maximum atomic E-state index is 12.4. The first-order valence-corrected chi connectivity index (χ1v) is 12.9. The maximum absolute atomic E-state index is 12.4. The second kappa shape index (κ2) is 11.6. The number of fused-ring (bicyclic) bond motifs is 1. The summed E-state index contributed by atoms with van der Waals surface area (Å²) in [5.74, 6) is -1.06. The second-order valence-corrected chi connectivity index (χ2v) is 10.1. The van der Waals surface area contributed by atoms with E-state index in [2.05, 4.69) is 50.1 Å².